The number of hydrogen-bond donors (Lipinski definition) is 0. The van der Waals surface area contributed by atoms with E-state index in [0.717, 1.165) is 28.3 Å². The van der Waals surface area contributed by atoms with Crippen molar-refractivity contribution in [2.24, 2.45) is 0 Å². The van der Waals surface area contributed by atoms with Gasteiger partial charge in [0.25, 0.3) is 0 Å². The molecular formula is C16H20N2O3. The molecule has 0 fully saturated rings. The number of aromatic nitrogens is 2. The van der Waals surface area contributed by atoms with Crippen LogP contribution >= 0.6 is 0 Å². The summed E-state index contributed by atoms with van der Waals surface area (Å²) in [6.45, 7) is 5.85. The van der Waals surface area contributed by atoms with Gasteiger partial charge in [-0.3, -0.25) is 0 Å². The predicted octanol–water partition coefficient (Wildman–Crippen LogP) is 3.09. The van der Waals surface area contributed by atoms with Crippen molar-refractivity contribution in [1.29, 1.82) is 0 Å². The molecule has 0 atom stereocenters. The van der Waals surface area contributed by atoms with Crippen LogP contribution < -0.4 is 14.2 Å². The fraction of sp³-hybridized carbons (Fsp3) is 0.375. The van der Waals surface area contributed by atoms with Crippen molar-refractivity contribution >= 4 is 0 Å². The smallest absolute Gasteiger partial charge is 0.203 e. The molecule has 0 aliphatic carbocycles. The lowest BCUT2D eigenvalue weighted by Gasteiger charge is -2.17. The van der Waals surface area contributed by atoms with E-state index >= 15 is 0 Å². The summed E-state index contributed by atoms with van der Waals surface area (Å²) in [5, 5.41) is 0. The van der Waals surface area contributed by atoms with E-state index < -0.39 is 0 Å². The van der Waals surface area contributed by atoms with Gasteiger partial charge in [-0.25, -0.2) is 9.97 Å². The number of hydrogen-bond acceptors (Lipinski definition) is 5. The molecule has 0 saturated carbocycles. The van der Waals surface area contributed by atoms with Crippen molar-refractivity contribution in [3.05, 3.63) is 29.2 Å². The van der Waals surface area contributed by atoms with Crippen molar-refractivity contribution < 1.29 is 14.2 Å². The Kier molecular flexibility index (Phi) is 4.31. The highest BCUT2D eigenvalue weighted by atomic mass is 16.5. The van der Waals surface area contributed by atoms with Crippen LogP contribution in [0.2, 0.25) is 0 Å². The summed E-state index contributed by atoms with van der Waals surface area (Å²) in [6, 6.07) is 3.78. The molecule has 2 aromatic rings. The minimum Gasteiger partial charge on any atom is -0.493 e. The molecule has 1 heterocycles. The molecule has 0 unspecified atom stereocenters. The Hall–Kier alpha value is -2.30. The Bertz CT molecular complexity index is 669. The zero-order valence-corrected chi connectivity index (χ0v) is 13.3. The fourth-order valence-corrected chi connectivity index (χ4v) is 2.32. The Labute approximate surface area is 124 Å². The fourth-order valence-electron chi connectivity index (χ4n) is 2.32. The van der Waals surface area contributed by atoms with Gasteiger partial charge >= 0.3 is 0 Å². The topological polar surface area (TPSA) is 53.5 Å². The van der Waals surface area contributed by atoms with Crippen molar-refractivity contribution in [2.75, 3.05) is 21.3 Å². The third-order valence-electron chi connectivity index (χ3n) is 3.46. The van der Waals surface area contributed by atoms with E-state index in [1.165, 1.54) is 0 Å². The lowest BCUT2D eigenvalue weighted by atomic mass is 10.0. The average molecular weight is 288 g/mol. The van der Waals surface area contributed by atoms with Gasteiger partial charge in [0.2, 0.25) is 5.75 Å². The molecular weight excluding hydrogens is 268 g/mol. The van der Waals surface area contributed by atoms with Gasteiger partial charge in [0, 0.05) is 11.3 Å². The van der Waals surface area contributed by atoms with Crippen LogP contribution in [0, 0.1) is 20.8 Å². The Morgan fingerprint density at radius 2 is 1.48 bits per heavy atom. The maximum Gasteiger partial charge on any atom is 0.203 e. The third kappa shape index (κ3) is 2.63. The molecule has 0 aliphatic rings. The van der Waals surface area contributed by atoms with Crippen LogP contribution in [0.15, 0.2) is 12.1 Å². The van der Waals surface area contributed by atoms with E-state index in [-0.39, 0.29) is 0 Å². The predicted molar refractivity (Wildman–Crippen MR) is 81.3 cm³/mol. The van der Waals surface area contributed by atoms with Crippen molar-refractivity contribution in [3.63, 3.8) is 0 Å². The van der Waals surface area contributed by atoms with Gasteiger partial charge in [-0.1, -0.05) is 0 Å². The van der Waals surface area contributed by atoms with E-state index in [1.807, 2.05) is 32.9 Å². The molecule has 0 aliphatic heterocycles. The van der Waals surface area contributed by atoms with Gasteiger partial charge in [0.1, 0.15) is 5.82 Å². The van der Waals surface area contributed by atoms with E-state index in [1.54, 1.807) is 21.3 Å². The highest BCUT2D eigenvalue weighted by Crippen LogP contribution is 2.44. The molecule has 2 rings (SSSR count). The summed E-state index contributed by atoms with van der Waals surface area (Å²) in [7, 11) is 4.80. The second kappa shape index (κ2) is 5.99. The largest absolute Gasteiger partial charge is 0.493 e. The lowest BCUT2D eigenvalue weighted by Crippen LogP contribution is -2.02. The lowest BCUT2D eigenvalue weighted by molar-refractivity contribution is 0.325. The summed E-state index contributed by atoms with van der Waals surface area (Å²) >= 11 is 0. The molecule has 5 heteroatoms. The number of rotatable bonds is 4. The molecule has 0 radical (unpaired) electrons. The van der Waals surface area contributed by atoms with Crippen LogP contribution in [0.4, 0.5) is 0 Å². The molecule has 0 bridgehead atoms. The van der Waals surface area contributed by atoms with Gasteiger partial charge in [0.05, 0.1) is 27.0 Å². The first-order chi connectivity index (χ1) is 10.0. The zero-order valence-electron chi connectivity index (χ0n) is 13.3. The first-order valence-electron chi connectivity index (χ1n) is 6.64. The molecule has 0 saturated heterocycles. The third-order valence-corrected chi connectivity index (χ3v) is 3.46. The van der Waals surface area contributed by atoms with Gasteiger partial charge in [-0.2, -0.15) is 0 Å². The average Bonchev–Trinajstić information content (AvgIpc) is 2.49. The van der Waals surface area contributed by atoms with Gasteiger partial charge < -0.3 is 14.2 Å². The quantitative estimate of drug-likeness (QED) is 0.865. The molecule has 1 aromatic carbocycles. The number of methoxy groups -OCH3 is 3. The maximum atomic E-state index is 5.53. The summed E-state index contributed by atoms with van der Waals surface area (Å²) in [4.78, 5) is 8.94. The van der Waals surface area contributed by atoms with Crippen molar-refractivity contribution in [1.82, 2.24) is 9.97 Å². The second-order valence-electron chi connectivity index (χ2n) is 4.71. The number of ether oxygens (including phenoxy) is 3. The molecule has 0 N–H and O–H groups in total. The minimum absolute atomic E-state index is 0.561. The molecule has 0 spiro atoms. The SMILES string of the molecule is COc1ccc(-c2nc(C)nc(C)c2C)c(OC)c1OC. The highest BCUT2D eigenvalue weighted by Gasteiger charge is 2.20. The summed E-state index contributed by atoms with van der Waals surface area (Å²) in [6.07, 6.45) is 0. The first kappa shape index (κ1) is 15.1. The maximum absolute atomic E-state index is 5.53. The van der Waals surface area contributed by atoms with Crippen LogP contribution in [-0.4, -0.2) is 31.3 Å². The van der Waals surface area contributed by atoms with Crippen LogP contribution in [0.25, 0.3) is 11.3 Å². The molecule has 5 nitrogen and oxygen atoms in total. The molecule has 1 aromatic heterocycles. The van der Waals surface area contributed by atoms with Gasteiger partial charge in [0.15, 0.2) is 11.5 Å². The van der Waals surface area contributed by atoms with Crippen molar-refractivity contribution in [3.8, 4) is 28.5 Å². The minimum atomic E-state index is 0.561. The Morgan fingerprint density at radius 3 is 2.05 bits per heavy atom. The zero-order chi connectivity index (χ0) is 15.6. The summed E-state index contributed by atoms with van der Waals surface area (Å²) in [5.41, 5.74) is 3.68. The van der Waals surface area contributed by atoms with Gasteiger partial charge in [-0.15, -0.1) is 0 Å². The summed E-state index contributed by atoms with van der Waals surface area (Å²) in [5.74, 6) is 2.52. The van der Waals surface area contributed by atoms with Gasteiger partial charge in [-0.05, 0) is 38.5 Å². The van der Waals surface area contributed by atoms with Crippen LogP contribution in [0.5, 0.6) is 17.2 Å². The van der Waals surface area contributed by atoms with Crippen molar-refractivity contribution in [2.45, 2.75) is 20.8 Å². The van der Waals surface area contributed by atoms with E-state index in [4.69, 9.17) is 14.2 Å². The standard InChI is InChI=1S/C16H20N2O3/c1-9-10(2)17-11(3)18-14(9)12-7-8-13(19-4)16(21-6)15(12)20-5/h7-8H,1-6H3. The first-order valence-corrected chi connectivity index (χ1v) is 6.64. The monoisotopic (exact) mass is 288 g/mol. The number of aryl methyl sites for hydroxylation is 2. The summed E-state index contributed by atoms with van der Waals surface area (Å²) < 4.78 is 16.3. The number of nitrogens with zero attached hydrogens (tertiary/aromatic N) is 2. The highest BCUT2D eigenvalue weighted by molar-refractivity contribution is 5.76. The van der Waals surface area contributed by atoms with Crippen LogP contribution in [0.3, 0.4) is 0 Å². The van der Waals surface area contributed by atoms with E-state index in [9.17, 15) is 0 Å². The Balaban J connectivity index is 2.76. The number of benzene rings is 1. The normalized spacial score (nSPS) is 10.4. The van der Waals surface area contributed by atoms with Crippen LogP contribution in [-0.2, 0) is 0 Å². The van der Waals surface area contributed by atoms with E-state index in [2.05, 4.69) is 9.97 Å². The molecule has 21 heavy (non-hydrogen) atoms. The molecule has 112 valence electrons. The Morgan fingerprint density at radius 1 is 0.810 bits per heavy atom. The van der Waals surface area contributed by atoms with E-state index in [0.29, 0.717) is 17.2 Å². The van der Waals surface area contributed by atoms with Crippen LogP contribution in [0.1, 0.15) is 17.1 Å². The second-order valence-corrected chi connectivity index (χ2v) is 4.71. The molecule has 0 amide bonds.